The van der Waals surface area contributed by atoms with Crippen molar-refractivity contribution in [3.63, 3.8) is 0 Å². The summed E-state index contributed by atoms with van der Waals surface area (Å²) in [5.74, 6) is 0. The molecule has 0 heterocycles. The zero-order valence-corrected chi connectivity index (χ0v) is 10.3. The molecule has 2 rings (SSSR count). The largest absolute Gasteiger partial charge is 0.0683 e. The number of aryl methyl sites for hydroxylation is 1. The number of halogens is 1. The second-order valence-electron chi connectivity index (χ2n) is 4.06. The van der Waals surface area contributed by atoms with Gasteiger partial charge < -0.3 is 0 Å². The van der Waals surface area contributed by atoms with Crippen molar-refractivity contribution in [3.8, 4) is 0 Å². The smallest absolute Gasteiger partial charge is 0.0219 e. The summed E-state index contributed by atoms with van der Waals surface area (Å²) >= 11 is 3.66. The Morgan fingerprint density at radius 3 is 2.86 bits per heavy atom. The van der Waals surface area contributed by atoms with Crippen LogP contribution < -0.4 is 0 Å². The molecule has 0 N–H and O–H groups in total. The van der Waals surface area contributed by atoms with E-state index in [-0.39, 0.29) is 0 Å². The second-order valence-corrected chi connectivity index (χ2v) is 4.92. The van der Waals surface area contributed by atoms with E-state index in [1.54, 1.807) is 0 Å². The van der Waals surface area contributed by atoms with Crippen molar-refractivity contribution < 1.29 is 0 Å². The fourth-order valence-corrected chi connectivity index (χ4v) is 2.72. The van der Waals surface area contributed by atoms with Crippen LogP contribution >= 0.6 is 15.9 Å². The summed E-state index contributed by atoms with van der Waals surface area (Å²) in [4.78, 5) is 0. The minimum atomic E-state index is 1.11. The molecule has 1 aromatic rings. The molecule has 1 aromatic carbocycles. The predicted molar refractivity (Wildman–Crippen MR) is 65.5 cm³/mol. The number of hydrogen-bond donors (Lipinski definition) is 0. The zero-order valence-electron chi connectivity index (χ0n) is 8.73. The van der Waals surface area contributed by atoms with Crippen molar-refractivity contribution in [2.75, 3.05) is 0 Å². The van der Waals surface area contributed by atoms with E-state index in [4.69, 9.17) is 0 Å². The van der Waals surface area contributed by atoms with E-state index in [0.29, 0.717) is 0 Å². The van der Waals surface area contributed by atoms with Crippen LogP contribution in [0.5, 0.6) is 0 Å². The highest BCUT2D eigenvalue weighted by molar-refractivity contribution is 9.10. The zero-order chi connectivity index (χ0) is 10.1. The van der Waals surface area contributed by atoms with Gasteiger partial charge in [0, 0.05) is 4.47 Å². The van der Waals surface area contributed by atoms with Crippen LogP contribution in [-0.2, 0) is 12.8 Å². The van der Waals surface area contributed by atoms with Gasteiger partial charge >= 0.3 is 0 Å². The van der Waals surface area contributed by atoms with E-state index < -0.39 is 0 Å². The molecule has 14 heavy (non-hydrogen) atoms. The van der Waals surface area contributed by atoms with Crippen molar-refractivity contribution in [3.05, 3.63) is 38.9 Å². The van der Waals surface area contributed by atoms with Crippen LogP contribution in [0.15, 0.2) is 22.2 Å². The van der Waals surface area contributed by atoms with Crippen LogP contribution in [-0.4, -0.2) is 0 Å². The number of rotatable bonds is 2. The lowest BCUT2D eigenvalue weighted by atomic mass is 10.0. The molecule has 0 spiro atoms. The normalized spacial score (nSPS) is 14.1. The van der Waals surface area contributed by atoms with Gasteiger partial charge in [-0.2, -0.15) is 0 Å². The van der Waals surface area contributed by atoms with Gasteiger partial charge in [-0.05, 0) is 42.5 Å². The first-order valence-electron chi connectivity index (χ1n) is 5.19. The van der Waals surface area contributed by atoms with Crippen molar-refractivity contribution >= 4 is 22.0 Å². The Morgan fingerprint density at radius 1 is 1.36 bits per heavy atom. The lowest BCUT2D eigenvalue weighted by Crippen LogP contribution is -1.90. The topological polar surface area (TPSA) is 0 Å². The summed E-state index contributed by atoms with van der Waals surface area (Å²) in [6.07, 6.45) is 5.81. The number of fused-ring (bicyclic) bond motifs is 1. The monoisotopic (exact) mass is 250 g/mol. The lowest BCUT2D eigenvalue weighted by molar-refractivity contribution is 0.919. The van der Waals surface area contributed by atoms with Gasteiger partial charge in [-0.3, -0.25) is 0 Å². The number of benzene rings is 1. The van der Waals surface area contributed by atoms with Gasteiger partial charge in [-0.25, -0.2) is 0 Å². The van der Waals surface area contributed by atoms with Gasteiger partial charge in [0.25, 0.3) is 0 Å². The van der Waals surface area contributed by atoms with E-state index in [0.717, 1.165) is 6.42 Å². The van der Waals surface area contributed by atoms with Gasteiger partial charge in [0.15, 0.2) is 0 Å². The first-order chi connectivity index (χ1) is 6.70. The first kappa shape index (κ1) is 9.97. The summed E-state index contributed by atoms with van der Waals surface area (Å²) in [7, 11) is 0. The summed E-state index contributed by atoms with van der Waals surface area (Å²) in [5, 5.41) is 0. The summed E-state index contributed by atoms with van der Waals surface area (Å²) in [6.45, 7) is 4.42. The van der Waals surface area contributed by atoms with E-state index in [9.17, 15) is 0 Å². The Labute approximate surface area is 94.2 Å². The van der Waals surface area contributed by atoms with Crippen molar-refractivity contribution in [1.82, 2.24) is 0 Å². The summed E-state index contributed by atoms with van der Waals surface area (Å²) < 4.78 is 1.28. The third-order valence-corrected chi connectivity index (χ3v) is 3.39. The molecule has 1 heteroatoms. The van der Waals surface area contributed by atoms with E-state index >= 15 is 0 Å². The van der Waals surface area contributed by atoms with Gasteiger partial charge in [0.05, 0.1) is 0 Å². The Bertz CT molecular complexity index is 388. The third-order valence-electron chi connectivity index (χ3n) is 2.69. The maximum Gasteiger partial charge on any atom is 0.0219 e. The molecule has 0 nitrogen and oxygen atoms in total. The minimum Gasteiger partial charge on any atom is -0.0683 e. The van der Waals surface area contributed by atoms with E-state index in [1.165, 1.54) is 39.6 Å². The highest BCUT2D eigenvalue weighted by Gasteiger charge is 2.13. The van der Waals surface area contributed by atoms with Crippen molar-refractivity contribution in [2.45, 2.75) is 33.1 Å². The minimum absolute atomic E-state index is 1.11. The molecule has 1 aliphatic rings. The fraction of sp³-hybridized carbons (Fsp3) is 0.385. The van der Waals surface area contributed by atoms with Crippen LogP contribution in [0.1, 0.15) is 37.0 Å². The van der Waals surface area contributed by atoms with Crippen LogP contribution in [0.2, 0.25) is 0 Å². The SMILES string of the molecule is CCCc1cc(Br)c2c(c1)C=C(C)C2. The molecule has 0 radical (unpaired) electrons. The van der Waals surface area contributed by atoms with E-state index in [1.807, 2.05) is 0 Å². The first-order valence-corrected chi connectivity index (χ1v) is 5.98. The quantitative estimate of drug-likeness (QED) is 0.732. The van der Waals surface area contributed by atoms with E-state index in [2.05, 4.69) is 48.0 Å². The number of hydrogen-bond acceptors (Lipinski definition) is 0. The molecule has 0 saturated carbocycles. The lowest BCUT2D eigenvalue weighted by Gasteiger charge is -2.06. The molecule has 74 valence electrons. The molecular formula is C13H15Br. The Hall–Kier alpha value is -0.560. The average molecular weight is 251 g/mol. The van der Waals surface area contributed by atoms with Crippen LogP contribution in [0.4, 0.5) is 0 Å². The van der Waals surface area contributed by atoms with Crippen LogP contribution in [0.3, 0.4) is 0 Å². The highest BCUT2D eigenvalue weighted by atomic mass is 79.9. The third kappa shape index (κ3) is 1.78. The molecule has 0 fully saturated rings. The predicted octanol–water partition coefficient (Wildman–Crippen LogP) is 4.36. The van der Waals surface area contributed by atoms with Gasteiger partial charge in [0.2, 0.25) is 0 Å². The summed E-state index contributed by atoms with van der Waals surface area (Å²) in [6, 6.07) is 4.61. The Kier molecular flexibility index (Phi) is 2.78. The fourth-order valence-electron chi connectivity index (χ4n) is 2.06. The van der Waals surface area contributed by atoms with Crippen LogP contribution in [0.25, 0.3) is 6.08 Å². The Balaban J connectivity index is 2.42. The second kappa shape index (κ2) is 3.90. The highest BCUT2D eigenvalue weighted by Crippen LogP contribution is 2.32. The molecule has 0 unspecified atom stereocenters. The van der Waals surface area contributed by atoms with Crippen molar-refractivity contribution in [1.29, 1.82) is 0 Å². The standard InChI is InChI=1S/C13H15Br/c1-3-4-10-7-11-5-9(2)6-12(11)13(14)8-10/h5,7-8H,3-4,6H2,1-2H3. The molecule has 1 aliphatic carbocycles. The molecule has 0 aliphatic heterocycles. The number of allylic oxidation sites excluding steroid dienone is 1. The Morgan fingerprint density at radius 2 is 2.14 bits per heavy atom. The molecule has 0 atom stereocenters. The van der Waals surface area contributed by atoms with Gasteiger partial charge in [-0.15, -0.1) is 0 Å². The molecule has 0 bridgehead atoms. The molecule has 0 aromatic heterocycles. The van der Waals surface area contributed by atoms with Crippen LogP contribution in [0, 0.1) is 0 Å². The van der Waals surface area contributed by atoms with Gasteiger partial charge in [-0.1, -0.05) is 47.0 Å². The summed E-state index contributed by atoms with van der Waals surface area (Å²) in [5.41, 5.74) is 5.79. The molecule has 0 saturated heterocycles. The maximum atomic E-state index is 3.66. The van der Waals surface area contributed by atoms with Crippen molar-refractivity contribution in [2.24, 2.45) is 0 Å². The molecule has 0 amide bonds. The average Bonchev–Trinajstić information content (AvgIpc) is 2.47. The molecular weight excluding hydrogens is 236 g/mol. The van der Waals surface area contributed by atoms with Gasteiger partial charge in [0.1, 0.15) is 0 Å². The maximum absolute atomic E-state index is 3.66.